The number of hydrogen-bond acceptors (Lipinski definition) is 2. The van der Waals surface area contributed by atoms with E-state index in [4.69, 9.17) is 5.11 Å². The number of carbonyl (C=O) groups excluding carboxylic acids is 1. The van der Waals surface area contributed by atoms with Crippen molar-refractivity contribution in [2.24, 2.45) is 0 Å². The second-order valence-corrected chi connectivity index (χ2v) is 1.52. The van der Waals surface area contributed by atoms with E-state index >= 15 is 0 Å². The third-order valence-electron chi connectivity index (χ3n) is 0.955. The van der Waals surface area contributed by atoms with Gasteiger partial charge in [-0.2, -0.15) is 0 Å². The number of hydrogen-bond donors (Lipinski definition) is 1. The summed E-state index contributed by atoms with van der Waals surface area (Å²) in [5.74, 6) is -0.361. The zero-order chi connectivity index (χ0) is 5.28. The molecular weight excluding hydrogens is 94.0 g/mol. The van der Waals surface area contributed by atoms with E-state index in [9.17, 15) is 4.79 Å². The Morgan fingerprint density at radius 2 is 2.57 bits per heavy atom. The fourth-order valence-electron chi connectivity index (χ4n) is 0.526. The fraction of sp³-hybridized carbons (Fsp3) is 0.750. The standard InChI is InChI=1S/C4H6NO2/c6-3-1-2-5-4(3)7/h3,6H,1-2H2. The topological polar surface area (TPSA) is 51.4 Å². The minimum Gasteiger partial charge on any atom is -0.383 e. The van der Waals surface area contributed by atoms with Crippen molar-refractivity contribution < 1.29 is 9.90 Å². The molecule has 1 unspecified atom stereocenters. The highest BCUT2D eigenvalue weighted by Crippen LogP contribution is 1.98. The molecule has 1 saturated heterocycles. The van der Waals surface area contributed by atoms with Crippen molar-refractivity contribution >= 4 is 5.91 Å². The molecule has 1 fully saturated rings. The summed E-state index contributed by atoms with van der Waals surface area (Å²) in [4.78, 5) is 10.2. The van der Waals surface area contributed by atoms with Gasteiger partial charge in [0.25, 0.3) is 5.91 Å². The van der Waals surface area contributed by atoms with E-state index in [0.29, 0.717) is 13.0 Å². The van der Waals surface area contributed by atoms with Gasteiger partial charge in [0.05, 0.1) is 0 Å². The molecule has 1 aliphatic rings. The number of aliphatic hydroxyl groups excluding tert-OH is 1. The first kappa shape index (κ1) is 4.59. The van der Waals surface area contributed by atoms with Crippen LogP contribution in [0.4, 0.5) is 0 Å². The van der Waals surface area contributed by atoms with Crippen LogP contribution in [0.5, 0.6) is 0 Å². The van der Waals surface area contributed by atoms with Gasteiger partial charge in [-0.3, -0.25) is 4.79 Å². The Hall–Kier alpha value is -0.570. The number of rotatable bonds is 0. The molecule has 7 heavy (non-hydrogen) atoms. The maximum atomic E-state index is 10.2. The average Bonchev–Trinajstić information content (AvgIpc) is 1.91. The maximum Gasteiger partial charge on any atom is 0.270 e. The van der Waals surface area contributed by atoms with Crippen molar-refractivity contribution in [3.63, 3.8) is 0 Å². The minimum atomic E-state index is -0.792. The molecule has 0 bridgehead atoms. The number of amides is 1. The number of nitrogens with zero attached hydrogens (tertiary/aromatic N) is 1. The summed E-state index contributed by atoms with van der Waals surface area (Å²) >= 11 is 0. The molecule has 0 aromatic carbocycles. The van der Waals surface area contributed by atoms with Crippen molar-refractivity contribution in [2.45, 2.75) is 12.5 Å². The number of carbonyl (C=O) groups is 1. The van der Waals surface area contributed by atoms with Gasteiger partial charge in [-0.25, -0.2) is 5.32 Å². The first-order valence-corrected chi connectivity index (χ1v) is 2.20. The van der Waals surface area contributed by atoms with Crippen LogP contribution in [0.3, 0.4) is 0 Å². The highest BCUT2D eigenvalue weighted by molar-refractivity contribution is 5.82. The average molecular weight is 100 g/mol. The third-order valence-corrected chi connectivity index (χ3v) is 0.955. The predicted molar refractivity (Wildman–Crippen MR) is 22.6 cm³/mol. The van der Waals surface area contributed by atoms with Crippen molar-refractivity contribution in [3.8, 4) is 0 Å². The smallest absolute Gasteiger partial charge is 0.270 e. The molecule has 0 saturated carbocycles. The number of aliphatic hydroxyl groups is 1. The van der Waals surface area contributed by atoms with Crippen LogP contribution in [-0.2, 0) is 4.79 Å². The molecule has 1 aliphatic heterocycles. The summed E-state index contributed by atoms with van der Waals surface area (Å²) in [6.45, 7) is 0.500. The van der Waals surface area contributed by atoms with E-state index in [1.54, 1.807) is 0 Å². The van der Waals surface area contributed by atoms with Crippen LogP contribution < -0.4 is 5.32 Å². The SMILES string of the molecule is O=C1[N]CCC1O. The molecule has 1 amide bonds. The Labute approximate surface area is 41.3 Å². The van der Waals surface area contributed by atoms with Crippen LogP contribution in [-0.4, -0.2) is 23.7 Å². The van der Waals surface area contributed by atoms with Crippen LogP contribution >= 0.6 is 0 Å². The van der Waals surface area contributed by atoms with Gasteiger partial charge in [0, 0.05) is 13.0 Å². The van der Waals surface area contributed by atoms with E-state index in [-0.39, 0.29) is 5.91 Å². The second-order valence-electron chi connectivity index (χ2n) is 1.52. The lowest BCUT2D eigenvalue weighted by Crippen LogP contribution is -2.16. The quantitative estimate of drug-likeness (QED) is 0.419. The van der Waals surface area contributed by atoms with E-state index in [1.165, 1.54) is 0 Å². The molecule has 3 heteroatoms. The van der Waals surface area contributed by atoms with Gasteiger partial charge in [-0.05, 0) is 0 Å². The molecule has 3 nitrogen and oxygen atoms in total. The molecule has 1 heterocycles. The monoisotopic (exact) mass is 100 g/mol. The molecule has 1 rings (SSSR count). The molecular formula is C4H6NO2. The summed E-state index contributed by atoms with van der Waals surface area (Å²) in [7, 11) is 0. The van der Waals surface area contributed by atoms with Gasteiger partial charge in [0.15, 0.2) is 0 Å². The van der Waals surface area contributed by atoms with Crippen LogP contribution in [0.15, 0.2) is 0 Å². The lowest BCUT2D eigenvalue weighted by molar-refractivity contribution is -0.126. The van der Waals surface area contributed by atoms with Crippen LogP contribution in [0.25, 0.3) is 0 Å². The van der Waals surface area contributed by atoms with Crippen LogP contribution in [0.1, 0.15) is 6.42 Å². The molecule has 39 valence electrons. The first-order valence-electron chi connectivity index (χ1n) is 2.20. The zero-order valence-electron chi connectivity index (χ0n) is 3.79. The Morgan fingerprint density at radius 3 is 2.71 bits per heavy atom. The molecule has 0 spiro atoms. The van der Waals surface area contributed by atoms with Gasteiger partial charge in [-0.1, -0.05) is 0 Å². The van der Waals surface area contributed by atoms with Gasteiger partial charge in [0.2, 0.25) is 0 Å². The lowest BCUT2D eigenvalue weighted by Gasteiger charge is -1.88. The van der Waals surface area contributed by atoms with Crippen molar-refractivity contribution in [1.29, 1.82) is 0 Å². The van der Waals surface area contributed by atoms with Gasteiger partial charge >= 0.3 is 0 Å². The van der Waals surface area contributed by atoms with Crippen molar-refractivity contribution in [2.75, 3.05) is 6.54 Å². The van der Waals surface area contributed by atoms with Gasteiger partial charge in [-0.15, -0.1) is 0 Å². The van der Waals surface area contributed by atoms with E-state index < -0.39 is 6.10 Å². The largest absolute Gasteiger partial charge is 0.383 e. The van der Waals surface area contributed by atoms with E-state index in [0.717, 1.165) is 0 Å². The lowest BCUT2D eigenvalue weighted by atomic mass is 10.3. The summed E-state index contributed by atoms with van der Waals surface area (Å²) in [5, 5.41) is 12.0. The van der Waals surface area contributed by atoms with Gasteiger partial charge < -0.3 is 5.11 Å². The molecule has 0 aromatic heterocycles. The van der Waals surface area contributed by atoms with Crippen LogP contribution in [0.2, 0.25) is 0 Å². The molecule has 1 N–H and O–H groups in total. The van der Waals surface area contributed by atoms with E-state index in [2.05, 4.69) is 5.32 Å². The summed E-state index contributed by atoms with van der Waals surface area (Å²) in [6.07, 6.45) is -0.279. The Kier molecular flexibility index (Phi) is 0.982. The zero-order valence-corrected chi connectivity index (χ0v) is 3.79. The highest BCUT2D eigenvalue weighted by atomic mass is 16.3. The Bertz CT molecular complexity index is 91.7. The minimum absolute atomic E-state index is 0.361. The molecule has 1 radical (unpaired) electrons. The maximum absolute atomic E-state index is 10.2. The fourth-order valence-corrected chi connectivity index (χ4v) is 0.526. The summed E-state index contributed by atoms with van der Waals surface area (Å²) in [6, 6.07) is 0. The molecule has 1 atom stereocenters. The Balaban J connectivity index is 2.48. The first-order chi connectivity index (χ1) is 3.30. The normalized spacial score (nSPS) is 30.4. The van der Waals surface area contributed by atoms with Crippen LogP contribution in [0, 0.1) is 0 Å². The molecule has 0 aromatic rings. The Morgan fingerprint density at radius 1 is 1.86 bits per heavy atom. The van der Waals surface area contributed by atoms with Crippen molar-refractivity contribution in [3.05, 3.63) is 0 Å². The van der Waals surface area contributed by atoms with Crippen molar-refractivity contribution in [1.82, 2.24) is 5.32 Å². The molecule has 0 aliphatic carbocycles. The second kappa shape index (κ2) is 1.50. The van der Waals surface area contributed by atoms with Gasteiger partial charge in [0.1, 0.15) is 6.10 Å². The third kappa shape index (κ3) is 0.718. The summed E-state index contributed by atoms with van der Waals surface area (Å²) < 4.78 is 0. The summed E-state index contributed by atoms with van der Waals surface area (Å²) in [5.41, 5.74) is 0. The predicted octanol–water partition coefficient (Wildman–Crippen LogP) is -1.12. The van der Waals surface area contributed by atoms with E-state index in [1.807, 2.05) is 0 Å². The highest BCUT2D eigenvalue weighted by Gasteiger charge is 2.21.